The Kier molecular flexibility index (Phi) is 12.4. The summed E-state index contributed by atoms with van der Waals surface area (Å²) in [7, 11) is 0. The van der Waals surface area contributed by atoms with Gasteiger partial charge in [-0.1, -0.05) is 18.2 Å². The number of aromatic nitrogens is 1. The quantitative estimate of drug-likeness (QED) is 0.308. The zero-order valence-corrected chi connectivity index (χ0v) is 19.7. The van der Waals surface area contributed by atoms with Crippen molar-refractivity contribution < 1.29 is 50.9 Å². The number of carbonyl (C=O) groups is 2. The van der Waals surface area contributed by atoms with Crippen molar-refractivity contribution in [3.05, 3.63) is 77.1 Å². The first-order chi connectivity index (χ1) is 17.7. The third-order valence-electron chi connectivity index (χ3n) is 4.75. The summed E-state index contributed by atoms with van der Waals surface area (Å²) < 4.78 is 69.1. The fourth-order valence-corrected chi connectivity index (χ4v) is 3.14. The van der Waals surface area contributed by atoms with Gasteiger partial charge in [-0.25, -0.2) is 9.59 Å². The van der Waals surface area contributed by atoms with Crippen molar-refractivity contribution in [2.75, 3.05) is 13.2 Å². The number of pyridine rings is 1. The number of fused-ring (bicyclic) bond motifs is 1. The lowest BCUT2D eigenvalue weighted by Crippen LogP contribution is -2.31. The van der Waals surface area contributed by atoms with Crippen LogP contribution in [-0.2, 0) is 40.4 Å². The number of carboxylic acids is 2. The van der Waals surface area contributed by atoms with Crippen LogP contribution >= 0.6 is 0 Å². The minimum Gasteiger partial charge on any atom is -0.475 e. The van der Waals surface area contributed by atoms with Crippen LogP contribution < -0.4 is 0 Å². The van der Waals surface area contributed by atoms with Gasteiger partial charge in [0.25, 0.3) is 0 Å². The summed E-state index contributed by atoms with van der Waals surface area (Å²) in [5.41, 5.74) is 5.72. The number of nitriles is 1. The van der Waals surface area contributed by atoms with Gasteiger partial charge < -0.3 is 14.9 Å². The van der Waals surface area contributed by atoms with E-state index in [1.165, 1.54) is 22.3 Å². The molecule has 206 valence electrons. The number of benzene rings is 1. The molecule has 0 aliphatic carbocycles. The van der Waals surface area contributed by atoms with E-state index >= 15 is 0 Å². The van der Waals surface area contributed by atoms with Gasteiger partial charge in [0.05, 0.1) is 24.8 Å². The number of aliphatic carboxylic acids is 2. The molecule has 38 heavy (non-hydrogen) atoms. The molecule has 0 radical (unpaired) electrons. The van der Waals surface area contributed by atoms with Crippen LogP contribution in [-0.4, -0.2) is 57.5 Å². The Balaban J connectivity index is 0.000000426. The summed E-state index contributed by atoms with van der Waals surface area (Å²) in [6.07, 6.45) is -3.53. The fourth-order valence-electron chi connectivity index (χ4n) is 3.14. The second-order valence-electron chi connectivity index (χ2n) is 7.62. The molecular weight excluding hydrogens is 524 g/mol. The SMILES string of the molecule is C=CCOCc1cncc2c1CCN(Cc1cccc(C#N)c1)C2.O=C(O)C(F)(F)F.O=C(O)C(F)(F)F. The van der Waals surface area contributed by atoms with Gasteiger partial charge >= 0.3 is 24.3 Å². The molecule has 1 aromatic carbocycles. The van der Waals surface area contributed by atoms with Crippen molar-refractivity contribution in [2.45, 2.75) is 38.5 Å². The van der Waals surface area contributed by atoms with Crippen LogP contribution in [0.2, 0.25) is 0 Å². The van der Waals surface area contributed by atoms with E-state index in [4.69, 9.17) is 29.8 Å². The topological polar surface area (TPSA) is 124 Å². The number of ether oxygens (including phenoxy) is 1. The molecule has 0 saturated carbocycles. The highest BCUT2D eigenvalue weighted by Crippen LogP contribution is 2.23. The molecule has 1 aliphatic rings. The summed E-state index contributed by atoms with van der Waals surface area (Å²) in [6.45, 7) is 7.56. The summed E-state index contributed by atoms with van der Waals surface area (Å²) in [6, 6.07) is 10.0. The smallest absolute Gasteiger partial charge is 0.475 e. The third kappa shape index (κ3) is 11.4. The number of nitrogens with zero attached hydrogens (tertiary/aromatic N) is 3. The van der Waals surface area contributed by atoms with Crippen molar-refractivity contribution in [2.24, 2.45) is 0 Å². The lowest BCUT2D eigenvalue weighted by atomic mass is 9.97. The van der Waals surface area contributed by atoms with Crippen LogP contribution in [0.5, 0.6) is 0 Å². The normalized spacial score (nSPS) is 13.0. The highest BCUT2D eigenvalue weighted by atomic mass is 19.4. The Morgan fingerprint density at radius 2 is 1.74 bits per heavy atom. The van der Waals surface area contributed by atoms with E-state index in [1.54, 1.807) is 6.08 Å². The van der Waals surface area contributed by atoms with Crippen molar-refractivity contribution >= 4 is 11.9 Å². The van der Waals surface area contributed by atoms with Crippen molar-refractivity contribution in [3.63, 3.8) is 0 Å². The third-order valence-corrected chi connectivity index (χ3v) is 4.75. The molecule has 1 aliphatic heterocycles. The molecule has 0 fully saturated rings. The number of halogens is 6. The van der Waals surface area contributed by atoms with E-state index < -0.39 is 24.3 Å². The minimum absolute atomic E-state index is 0.561. The Morgan fingerprint density at radius 3 is 2.26 bits per heavy atom. The first-order valence-electron chi connectivity index (χ1n) is 10.6. The maximum absolute atomic E-state index is 10.6. The molecule has 0 atom stereocenters. The van der Waals surface area contributed by atoms with Gasteiger partial charge in [-0.05, 0) is 40.8 Å². The lowest BCUT2D eigenvalue weighted by Gasteiger charge is -2.29. The van der Waals surface area contributed by atoms with Crippen LogP contribution in [0.4, 0.5) is 26.3 Å². The second-order valence-corrected chi connectivity index (χ2v) is 7.62. The fraction of sp³-hybridized carbons (Fsp3) is 0.333. The number of carboxylic acid groups (broad SMARTS) is 2. The van der Waals surface area contributed by atoms with E-state index in [1.807, 2.05) is 30.6 Å². The monoisotopic (exact) mass is 547 g/mol. The highest BCUT2D eigenvalue weighted by molar-refractivity contribution is 5.73. The zero-order chi connectivity index (χ0) is 28.9. The molecule has 14 heteroatoms. The number of hydrogen-bond donors (Lipinski definition) is 2. The van der Waals surface area contributed by atoms with Gasteiger partial charge in [-0.3, -0.25) is 9.88 Å². The van der Waals surface area contributed by atoms with Gasteiger partial charge in [0.1, 0.15) is 0 Å². The maximum atomic E-state index is 10.6. The van der Waals surface area contributed by atoms with E-state index in [0.29, 0.717) is 18.8 Å². The number of rotatable bonds is 6. The largest absolute Gasteiger partial charge is 0.490 e. The molecule has 3 rings (SSSR count). The molecular formula is C24H23F6N3O5. The Labute approximate surface area is 213 Å². The van der Waals surface area contributed by atoms with Crippen molar-refractivity contribution in [1.29, 1.82) is 5.26 Å². The van der Waals surface area contributed by atoms with Gasteiger partial charge in [0, 0.05) is 32.0 Å². The molecule has 0 unspecified atom stereocenters. The van der Waals surface area contributed by atoms with E-state index in [0.717, 1.165) is 26.1 Å². The van der Waals surface area contributed by atoms with E-state index in [-0.39, 0.29) is 0 Å². The highest BCUT2D eigenvalue weighted by Gasteiger charge is 2.38. The Morgan fingerprint density at radius 1 is 1.13 bits per heavy atom. The Bertz CT molecular complexity index is 1120. The maximum Gasteiger partial charge on any atom is 0.490 e. The molecule has 1 aromatic heterocycles. The predicted octanol–water partition coefficient (Wildman–Crippen LogP) is 4.48. The zero-order valence-electron chi connectivity index (χ0n) is 19.7. The predicted molar refractivity (Wildman–Crippen MR) is 120 cm³/mol. The molecule has 2 heterocycles. The van der Waals surface area contributed by atoms with Crippen LogP contribution in [0, 0.1) is 11.3 Å². The molecule has 0 saturated heterocycles. The van der Waals surface area contributed by atoms with Crippen LogP contribution in [0.3, 0.4) is 0 Å². The van der Waals surface area contributed by atoms with Crippen LogP contribution in [0.1, 0.15) is 27.8 Å². The average Bonchev–Trinajstić information content (AvgIpc) is 2.84. The Hall–Kier alpha value is -3.96. The van der Waals surface area contributed by atoms with Crippen LogP contribution in [0.15, 0.2) is 49.3 Å². The average molecular weight is 547 g/mol. The standard InChI is InChI=1S/C20H21N3O.2C2HF3O2/c1-2-8-24-15-19-12-22-11-18-14-23(7-6-20(18)19)13-17-5-3-4-16(9-17)10-21;2*3-2(4,5)1(6)7/h2-5,9,11-12H,1,6-8,13-15H2;2*(H,6,7). The molecule has 0 amide bonds. The molecule has 2 N–H and O–H groups in total. The first-order valence-corrected chi connectivity index (χ1v) is 10.6. The van der Waals surface area contributed by atoms with Gasteiger partial charge in [0.15, 0.2) is 0 Å². The van der Waals surface area contributed by atoms with Crippen LogP contribution in [0.25, 0.3) is 0 Å². The van der Waals surface area contributed by atoms with Gasteiger partial charge in [-0.2, -0.15) is 31.6 Å². The number of alkyl halides is 6. The number of hydrogen-bond acceptors (Lipinski definition) is 6. The molecule has 0 spiro atoms. The second kappa shape index (κ2) is 14.7. The van der Waals surface area contributed by atoms with E-state index in [9.17, 15) is 26.3 Å². The van der Waals surface area contributed by atoms with Gasteiger partial charge in [0.2, 0.25) is 0 Å². The van der Waals surface area contributed by atoms with Crippen molar-refractivity contribution in [1.82, 2.24) is 9.88 Å². The van der Waals surface area contributed by atoms with Crippen molar-refractivity contribution in [3.8, 4) is 6.07 Å². The molecule has 0 bridgehead atoms. The van der Waals surface area contributed by atoms with E-state index in [2.05, 4.69) is 28.6 Å². The van der Waals surface area contributed by atoms with Gasteiger partial charge in [-0.15, -0.1) is 6.58 Å². The minimum atomic E-state index is -5.08. The lowest BCUT2D eigenvalue weighted by molar-refractivity contribution is -0.193. The first kappa shape index (κ1) is 32.1. The summed E-state index contributed by atoms with van der Waals surface area (Å²) in [5, 5.41) is 23.3. The summed E-state index contributed by atoms with van der Waals surface area (Å²) >= 11 is 0. The molecule has 2 aromatic rings. The summed E-state index contributed by atoms with van der Waals surface area (Å²) in [4.78, 5) is 24.6. The summed E-state index contributed by atoms with van der Waals surface area (Å²) in [5.74, 6) is -5.51. The molecule has 8 nitrogen and oxygen atoms in total.